The molecule has 3 aliphatic rings. The average molecular weight is 818 g/mol. The van der Waals surface area contributed by atoms with Crippen molar-refractivity contribution in [1.29, 1.82) is 0 Å². The predicted molar refractivity (Wildman–Crippen MR) is 225 cm³/mol. The molecular formula is C46H51N5O9. The molecule has 14 heteroatoms. The van der Waals surface area contributed by atoms with Crippen molar-refractivity contribution in [3.05, 3.63) is 141 Å². The highest BCUT2D eigenvalue weighted by atomic mass is 16.6. The number of aromatic amines is 1. The summed E-state index contributed by atoms with van der Waals surface area (Å²) >= 11 is 0. The third kappa shape index (κ3) is 11.1. The SMILES string of the molecule is O=C(CNC(=O)c1ccc(COc2cccc(C(NC(=O)OC3CN4CCC3CC4)c3ccccc3)c2)cc1)OCCCCNCC(O)c1ccc(O)c2[nH]c(=O)ccc12. The number of carbonyl (C=O) groups excluding carboxylic acids is 3. The standard InChI is InChI=1S/C46H51N5O9/c52-38-17-15-36(37-16-18-41(54)49-44(37)38)39(53)26-47-21-4-5-24-58-42(55)27-48-45(56)33-13-11-30(12-14-33)29-59-35-10-6-9-34(25-35)43(32-7-2-1-3-8-32)50-46(57)60-40-28-51-22-19-31(40)20-23-51/h1-3,6-18,25,31,39-40,43,47,52-53H,4-5,19-24,26-29H2,(H,48,56)(H,49,54)(H,50,57). The van der Waals surface area contributed by atoms with E-state index in [1.54, 1.807) is 36.4 Å². The smallest absolute Gasteiger partial charge is 0.408 e. The normalized spacial score (nSPS) is 18.0. The van der Waals surface area contributed by atoms with E-state index in [0.717, 1.165) is 49.2 Å². The summed E-state index contributed by atoms with van der Waals surface area (Å²) in [6.07, 6.45) is 1.97. The highest BCUT2D eigenvalue weighted by Crippen LogP contribution is 2.31. The quantitative estimate of drug-likeness (QED) is 0.0510. The van der Waals surface area contributed by atoms with Gasteiger partial charge in [-0.05, 0) is 110 Å². The number of hydrogen-bond donors (Lipinski definition) is 6. The number of H-pyrrole nitrogens is 1. The first-order valence-corrected chi connectivity index (χ1v) is 20.4. The maximum absolute atomic E-state index is 13.2. The summed E-state index contributed by atoms with van der Waals surface area (Å²) in [5.41, 5.74) is 3.50. The van der Waals surface area contributed by atoms with Crippen LogP contribution in [-0.2, 0) is 20.9 Å². The lowest BCUT2D eigenvalue weighted by Gasteiger charge is -2.43. The molecule has 6 N–H and O–H groups in total. The molecule has 5 aromatic rings. The van der Waals surface area contributed by atoms with Crippen molar-refractivity contribution in [2.75, 3.05) is 45.9 Å². The summed E-state index contributed by atoms with van der Waals surface area (Å²) in [7, 11) is 0. The number of aromatic nitrogens is 1. The molecule has 0 spiro atoms. The van der Waals surface area contributed by atoms with E-state index >= 15 is 0 Å². The molecular weight excluding hydrogens is 767 g/mol. The average Bonchev–Trinajstić information content (AvgIpc) is 3.27. The number of aliphatic hydroxyl groups excluding tert-OH is 1. The molecule has 3 atom stereocenters. The molecule has 14 nitrogen and oxygen atoms in total. The van der Waals surface area contributed by atoms with E-state index in [0.29, 0.717) is 47.6 Å². The lowest BCUT2D eigenvalue weighted by atomic mass is 9.86. The first-order valence-electron chi connectivity index (χ1n) is 20.4. The largest absolute Gasteiger partial charge is 0.506 e. The van der Waals surface area contributed by atoms with Crippen LogP contribution in [0.15, 0.2) is 108 Å². The van der Waals surface area contributed by atoms with Crippen molar-refractivity contribution >= 4 is 28.9 Å². The predicted octanol–water partition coefficient (Wildman–Crippen LogP) is 5.10. The van der Waals surface area contributed by atoms with Crippen molar-refractivity contribution in [1.82, 2.24) is 25.8 Å². The number of rotatable bonds is 18. The van der Waals surface area contributed by atoms with Crippen molar-refractivity contribution in [2.24, 2.45) is 5.92 Å². The number of ether oxygens (including phenoxy) is 3. The molecule has 8 rings (SSSR count). The van der Waals surface area contributed by atoms with Gasteiger partial charge in [-0.1, -0.05) is 60.7 Å². The van der Waals surface area contributed by atoms with Gasteiger partial charge in [0.05, 0.1) is 24.3 Å². The van der Waals surface area contributed by atoms with Gasteiger partial charge in [-0.2, -0.15) is 0 Å². The van der Waals surface area contributed by atoms with Crippen molar-refractivity contribution in [3.8, 4) is 11.5 Å². The summed E-state index contributed by atoms with van der Waals surface area (Å²) in [6, 6.07) is 29.8. The van der Waals surface area contributed by atoms with Gasteiger partial charge in [-0.25, -0.2) is 4.79 Å². The van der Waals surface area contributed by atoms with Gasteiger partial charge >= 0.3 is 12.1 Å². The Kier molecular flexibility index (Phi) is 14.1. The highest BCUT2D eigenvalue weighted by Gasteiger charge is 2.37. The summed E-state index contributed by atoms with van der Waals surface area (Å²) in [6.45, 7) is 3.89. The van der Waals surface area contributed by atoms with E-state index in [-0.39, 0.29) is 49.2 Å². The van der Waals surface area contributed by atoms with Gasteiger partial charge in [0.1, 0.15) is 30.8 Å². The number of nitrogens with zero attached hydrogens (tertiary/aromatic N) is 1. The first-order chi connectivity index (χ1) is 29.2. The summed E-state index contributed by atoms with van der Waals surface area (Å²) in [5, 5.41) is 30.2. The number of amides is 2. The number of carbonyl (C=O) groups is 3. The van der Waals surface area contributed by atoms with Crippen LogP contribution in [-0.4, -0.2) is 90.0 Å². The van der Waals surface area contributed by atoms with Crippen LogP contribution in [0.5, 0.6) is 11.5 Å². The number of benzene rings is 4. The van der Waals surface area contributed by atoms with Gasteiger partial charge < -0.3 is 45.4 Å². The molecule has 3 fully saturated rings. The van der Waals surface area contributed by atoms with Gasteiger partial charge in [-0.15, -0.1) is 0 Å². The Bertz CT molecular complexity index is 2290. The Morgan fingerprint density at radius 1 is 0.883 bits per heavy atom. The highest BCUT2D eigenvalue weighted by molar-refractivity contribution is 5.96. The van der Waals surface area contributed by atoms with E-state index in [2.05, 4.69) is 25.8 Å². The molecule has 4 aromatic carbocycles. The number of piperidine rings is 3. The molecule has 0 aliphatic carbocycles. The fourth-order valence-electron chi connectivity index (χ4n) is 7.78. The molecule has 0 radical (unpaired) electrons. The third-order valence-corrected chi connectivity index (χ3v) is 11.1. The van der Waals surface area contributed by atoms with Gasteiger partial charge in [0.25, 0.3) is 5.91 Å². The van der Waals surface area contributed by atoms with E-state index in [4.69, 9.17) is 14.2 Å². The topological polar surface area (TPSA) is 192 Å². The van der Waals surface area contributed by atoms with E-state index in [1.807, 2.05) is 54.6 Å². The first kappa shape index (κ1) is 41.9. The van der Waals surface area contributed by atoms with Crippen LogP contribution >= 0.6 is 0 Å². The minimum atomic E-state index is -0.866. The Balaban J connectivity index is 0.807. The minimum absolute atomic E-state index is 0.0696. The lowest BCUT2D eigenvalue weighted by Crippen LogP contribution is -2.52. The number of alkyl carbamates (subject to hydrolysis) is 1. The van der Waals surface area contributed by atoms with Crippen molar-refractivity contribution in [3.63, 3.8) is 0 Å². The van der Waals surface area contributed by atoms with Crippen LogP contribution in [0.2, 0.25) is 0 Å². The fraction of sp³-hybridized carbons (Fsp3) is 0.348. The Hall–Kier alpha value is -6.22. The maximum atomic E-state index is 13.2. The summed E-state index contributed by atoms with van der Waals surface area (Å²) < 4.78 is 17.4. The van der Waals surface area contributed by atoms with Gasteiger partial charge in [-0.3, -0.25) is 19.3 Å². The fourth-order valence-corrected chi connectivity index (χ4v) is 7.78. The molecule has 3 saturated heterocycles. The van der Waals surface area contributed by atoms with Crippen molar-refractivity contribution in [2.45, 2.75) is 50.5 Å². The van der Waals surface area contributed by atoms with Crippen LogP contribution in [0.25, 0.3) is 10.9 Å². The zero-order valence-electron chi connectivity index (χ0n) is 33.3. The maximum Gasteiger partial charge on any atom is 0.408 e. The minimum Gasteiger partial charge on any atom is -0.506 e. The molecule has 314 valence electrons. The van der Waals surface area contributed by atoms with Crippen LogP contribution in [0, 0.1) is 5.92 Å². The van der Waals surface area contributed by atoms with Crippen LogP contribution in [0.3, 0.4) is 0 Å². The number of aliphatic hydroxyl groups is 1. The monoisotopic (exact) mass is 817 g/mol. The third-order valence-electron chi connectivity index (χ3n) is 11.1. The molecule has 4 heterocycles. The van der Waals surface area contributed by atoms with Crippen LogP contribution in [0.4, 0.5) is 4.79 Å². The molecule has 3 aliphatic heterocycles. The van der Waals surface area contributed by atoms with E-state index < -0.39 is 30.1 Å². The molecule has 2 bridgehead atoms. The second-order valence-corrected chi connectivity index (χ2v) is 15.2. The lowest BCUT2D eigenvalue weighted by molar-refractivity contribution is -0.142. The zero-order chi connectivity index (χ0) is 41.8. The van der Waals surface area contributed by atoms with E-state index in [9.17, 15) is 29.4 Å². The number of phenolic OH excluding ortho intramolecular Hbond substituents is 1. The molecule has 0 saturated carbocycles. The van der Waals surface area contributed by atoms with Gasteiger partial charge in [0.2, 0.25) is 5.56 Å². The number of hydrogen-bond acceptors (Lipinski definition) is 11. The Morgan fingerprint density at radius 2 is 1.67 bits per heavy atom. The van der Waals surface area contributed by atoms with Gasteiger partial charge in [0.15, 0.2) is 0 Å². The second kappa shape index (κ2) is 20.2. The number of fused-ring (bicyclic) bond motifs is 4. The second-order valence-electron chi connectivity index (χ2n) is 15.2. The molecule has 2 amide bonds. The Labute approximate surface area is 347 Å². The number of pyridine rings is 1. The van der Waals surface area contributed by atoms with Crippen LogP contribution < -0.4 is 26.2 Å². The number of unbranched alkanes of at least 4 members (excludes halogenated alkanes) is 1. The van der Waals surface area contributed by atoms with Crippen LogP contribution in [0.1, 0.15) is 70.4 Å². The number of aromatic hydroxyl groups is 1. The molecule has 1 aromatic heterocycles. The molecule has 3 unspecified atom stereocenters. The number of nitrogens with one attached hydrogen (secondary N) is 4. The summed E-state index contributed by atoms with van der Waals surface area (Å²) in [5.74, 6) is 0.00244. The number of esters is 1. The zero-order valence-corrected chi connectivity index (χ0v) is 33.3. The number of phenols is 1. The van der Waals surface area contributed by atoms with Crippen molar-refractivity contribution < 1.29 is 38.8 Å². The summed E-state index contributed by atoms with van der Waals surface area (Å²) in [4.78, 5) is 54.8. The molecule has 60 heavy (non-hydrogen) atoms. The van der Waals surface area contributed by atoms with Gasteiger partial charge in [0, 0.05) is 30.1 Å². The van der Waals surface area contributed by atoms with E-state index in [1.165, 1.54) is 12.1 Å². The Morgan fingerprint density at radius 3 is 2.43 bits per heavy atom.